The summed E-state index contributed by atoms with van der Waals surface area (Å²) in [5, 5.41) is 4.01. The van der Waals surface area contributed by atoms with Crippen LogP contribution in [0.5, 0.6) is 0 Å². The number of carbonyl (C=O) groups is 1. The Balaban J connectivity index is 1.66. The predicted molar refractivity (Wildman–Crippen MR) is 93.6 cm³/mol. The van der Waals surface area contributed by atoms with Gasteiger partial charge in [-0.2, -0.15) is 0 Å². The SMILES string of the molecule is Cc1ccc(-c2nc3cccnc3s2)cc1NC(=O)C1CCC1. The second kappa shape index (κ2) is 5.74. The summed E-state index contributed by atoms with van der Waals surface area (Å²) in [4.78, 5) is 22.1. The first-order valence-electron chi connectivity index (χ1n) is 7.84. The topological polar surface area (TPSA) is 54.9 Å². The summed E-state index contributed by atoms with van der Waals surface area (Å²) in [7, 11) is 0. The molecule has 1 fully saturated rings. The van der Waals surface area contributed by atoms with E-state index in [4.69, 9.17) is 0 Å². The van der Waals surface area contributed by atoms with Crippen LogP contribution in [0.2, 0.25) is 0 Å². The van der Waals surface area contributed by atoms with Gasteiger partial charge < -0.3 is 5.32 Å². The average Bonchev–Trinajstić information content (AvgIpc) is 2.91. The molecule has 4 nitrogen and oxygen atoms in total. The van der Waals surface area contributed by atoms with Crippen molar-refractivity contribution < 1.29 is 4.79 Å². The first kappa shape index (κ1) is 14.3. The van der Waals surface area contributed by atoms with E-state index < -0.39 is 0 Å². The fraction of sp³-hybridized carbons (Fsp3) is 0.278. The first-order valence-corrected chi connectivity index (χ1v) is 8.66. The van der Waals surface area contributed by atoms with Crippen molar-refractivity contribution in [2.75, 3.05) is 5.32 Å². The Morgan fingerprint density at radius 2 is 2.17 bits per heavy atom. The maximum Gasteiger partial charge on any atom is 0.227 e. The monoisotopic (exact) mass is 323 g/mol. The van der Waals surface area contributed by atoms with Crippen molar-refractivity contribution in [1.29, 1.82) is 0 Å². The molecule has 1 saturated carbocycles. The van der Waals surface area contributed by atoms with E-state index in [-0.39, 0.29) is 11.8 Å². The lowest BCUT2D eigenvalue weighted by atomic mass is 9.85. The van der Waals surface area contributed by atoms with Gasteiger partial charge in [-0.25, -0.2) is 9.97 Å². The molecule has 1 N–H and O–H groups in total. The average molecular weight is 323 g/mol. The van der Waals surface area contributed by atoms with Gasteiger partial charge in [-0.1, -0.05) is 29.9 Å². The van der Waals surface area contributed by atoms with Crippen molar-refractivity contribution in [3.8, 4) is 10.6 Å². The van der Waals surface area contributed by atoms with Crippen molar-refractivity contribution >= 4 is 33.3 Å². The molecule has 1 aliphatic rings. The highest BCUT2D eigenvalue weighted by Gasteiger charge is 2.25. The molecule has 4 rings (SSSR count). The minimum atomic E-state index is 0.141. The van der Waals surface area contributed by atoms with Gasteiger partial charge in [-0.15, -0.1) is 0 Å². The van der Waals surface area contributed by atoms with Gasteiger partial charge in [0.15, 0.2) is 0 Å². The van der Waals surface area contributed by atoms with E-state index in [1.54, 1.807) is 17.5 Å². The molecule has 23 heavy (non-hydrogen) atoms. The van der Waals surface area contributed by atoms with Gasteiger partial charge in [0.2, 0.25) is 5.91 Å². The van der Waals surface area contributed by atoms with E-state index in [9.17, 15) is 4.79 Å². The quantitative estimate of drug-likeness (QED) is 0.777. The Hall–Kier alpha value is -2.27. The van der Waals surface area contributed by atoms with Gasteiger partial charge in [0.1, 0.15) is 15.4 Å². The normalized spacial score (nSPS) is 14.7. The highest BCUT2D eigenvalue weighted by molar-refractivity contribution is 7.21. The van der Waals surface area contributed by atoms with Crippen LogP contribution in [-0.4, -0.2) is 15.9 Å². The van der Waals surface area contributed by atoms with Gasteiger partial charge in [0.25, 0.3) is 0 Å². The van der Waals surface area contributed by atoms with Crippen LogP contribution >= 0.6 is 11.3 Å². The number of nitrogens with one attached hydrogen (secondary N) is 1. The van der Waals surface area contributed by atoms with E-state index in [1.807, 2.05) is 37.3 Å². The van der Waals surface area contributed by atoms with Crippen molar-refractivity contribution in [3.63, 3.8) is 0 Å². The molecule has 3 aromatic rings. The molecule has 0 atom stereocenters. The number of thiazole rings is 1. The van der Waals surface area contributed by atoms with Gasteiger partial charge in [-0.05, 0) is 43.5 Å². The molecule has 0 spiro atoms. The number of hydrogen-bond donors (Lipinski definition) is 1. The summed E-state index contributed by atoms with van der Waals surface area (Å²) in [6, 6.07) is 9.96. The Bertz CT molecular complexity index is 850. The zero-order chi connectivity index (χ0) is 15.8. The second-order valence-corrected chi connectivity index (χ2v) is 6.97. The molecule has 5 heteroatoms. The molecule has 2 heterocycles. The number of aromatic nitrogens is 2. The van der Waals surface area contributed by atoms with Gasteiger partial charge >= 0.3 is 0 Å². The number of pyridine rings is 1. The molecule has 0 bridgehead atoms. The number of aryl methyl sites for hydroxylation is 1. The zero-order valence-electron chi connectivity index (χ0n) is 12.9. The molecule has 0 radical (unpaired) electrons. The summed E-state index contributed by atoms with van der Waals surface area (Å²) in [5.74, 6) is 0.326. The third-order valence-electron chi connectivity index (χ3n) is 4.38. The first-order chi connectivity index (χ1) is 11.2. The van der Waals surface area contributed by atoms with E-state index in [0.717, 1.165) is 51.4 Å². The van der Waals surface area contributed by atoms with E-state index in [2.05, 4.69) is 15.3 Å². The van der Waals surface area contributed by atoms with Gasteiger partial charge in [-0.3, -0.25) is 4.79 Å². The van der Waals surface area contributed by atoms with Gasteiger partial charge in [0.05, 0.1) is 0 Å². The maximum atomic E-state index is 12.2. The molecular formula is C18H17N3OS. The minimum absolute atomic E-state index is 0.141. The molecule has 1 amide bonds. The Morgan fingerprint density at radius 3 is 2.91 bits per heavy atom. The third kappa shape index (κ3) is 2.72. The largest absolute Gasteiger partial charge is 0.326 e. The Kier molecular flexibility index (Phi) is 3.58. The third-order valence-corrected chi connectivity index (χ3v) is 5.41. The molecule has 2 aromatic heterocycles. The minimum Gasteiger partial charge on any atom is -0.326 e. The number of hydrogen-bond acceptors (Lipinski definition) is 4. The number of rotatable bonds is 3. The summed E-state index contributed by atoms with van der Waals surface area (Å²) in [6.07, 6.45) is 4.96. The van der Waals surface area contributed by atoms with Crippen molar-refractivity contribution in [3.05, 3.63) is 42.1 Å². The van der Waals surface area contributed by atoms with Crippen LogP contribution < -0.4 is 5.32 Å². The van der Waals surface area contributed by atoms with Gasteiger partial charge in [0, 0.05) is 23.4 Å². The Labute approximate surface area is 138 Å². The van der Waals surface area contributed by atoms with Crippen molar-refractivity contribution in [2.24, 2.45) is 5.92 Å². The molecule has 0 aliphatic heterocycles. The van der Waals surface area contributed by atoms with Crippen molar-refractivity contribution in [2.45, 2.75) is 26.2 Å². The lowest BCUT2D eigenvalue weighted by molar-refractivity contribution is -0.122. The fourth-order valence-electron chi connectivity index (χ4n) is 2.69. The highest BCUT2D eigenvalue weighted by Crippen LogP contribution is 2.32. The summed E-state index contributed by atoms with van der Waals surface area (Å²) >= 11 is 1.57. The predicted octanol–water partition coefficient (Wildman–Crippen LogP) is 4.41. The van der Waals surface area contributed by atoms with Crippen LogP contribution in [0.15, 0.2) is 36.5 Å². The van der Waals surface area contributed by atoms with Crippen molar-refractivity contribution in [1.82, 2.24) is 9.97 Å². The number of benzene rings is 1. The van der Waals surface area contributed by atoms with Crippen LogP contribution in [0.1, 0.15) is 24.8 Å². The number of amides is 1. The van der Waals surface area contributed by atoms with Crippen LogP contribution in [0.25, 0.3) is 20.9 Å². The van der Waals surface area contributed by atoms with Crippen LogP contribution in [0, 0.1) is 12.8 Å². The van der Waals surface area contributed by atoms with Crippen LogP contribution in [-0.2, 0) is 4.79 Å². The fourth-order valence-corrected chi connectivity index (χ4v) is 3.59. The second-order valence-electron chi connectivity index (χ2n) is 5.99. The molecular weight excluding hydrogens is 306 g/mol. The molecule has 1 aromatic carbocycles. The standard InChI is InChI=1S/C18H17N3OS/c1-11-7-8-13(10-15(11)20-16(22)12-4-2-5-12)17-21-14-6-3-9-19-18(14)23-17/h3,6-10,12H,2,4-5H2,1H3,(H,20,22). The van der Waals surface area contributed by atoms with E-state index in [1.165, 1.54) is 0 Å². The summed E-state index contributed by atoms with van der Waals surface area (Å²) < 4.78 is 0. The molecule has 0 saturated heterocycles. The zero-order valence-corrected chi connectivity index (χ0v) is 13.7. The summed E-state index contributed by atoms with van der Waals surface area (Å²) in [6.45, 7) is 2.01. The number of anilines is 1. The number of fused-ring (bicyclic) bond motifs is 1. The Morgan fingerprint density at radius 1 is 1.30 bits per heavy atom. The maximum absolute atomic E-state index is 12.2. The summed E-state index contributed by atoms with van der Waals surface area (Å²) in [5.41, 5.74) is 3.88. The molecule has 0 unspecified atom stereocenters. The lowest BCUT2D eigenvalue weighted by Crippen LogP contribution is -2.28. The highest BCUT2D eigenvalue weighted by atomic mass is 32.1. The number of carbonyl (C=O) groups excluding carboxylic acids is 1. The molecule has 1 aliphatic carbocycles. The van der Waals surface area contributed by atoms with E-state index >= 15 is 0 Å². The van der Waals surface area contributed by atoms with Crippen LogP contribution in [0.3, 0.4) is 0 Å². The molecule has 116 valence electrons. The van der Waals surface area contributed by atoms with Crippen LogP contribution in [0.4, 0.5) is 5.69 Å². The smallest absolute Gasteiger partial charge is 0.227 e. The van der Waals surface area contributed by atoms with E-state index in [0.29, 0.717) is 0 Å². The number of nitrogens with zero attached hydrogens (tertiary/aromatic N) is 2. The lowest BCUT2D eigenvalue weighted by Gasteiger charge is -2.24.